The largest absolute Gasteiger partial charge is 0 e. The molecule has 0 unspecified atom stereocenters. The van der Waals surface area contributed by atoms with Crippen LogP contribution in [0.1, 0.15) is 6.92 Å². The van der Waals surface area contributed by atoms with Crippen LogP contribution in [0.4, 0.5) is 0 Å². The Hall–Kier alpha value is -0.821. The Bertz CT molecular complexity index is 165. The number of hydrogen-bond donors (Lipinski definition) is 1. The van der Waals surface area contributed by atoms with Crippen molar-refractivity contribution in [2.45, 2.75) is 13.0 Å². The van der Waals surface area contributed by atoms with E-state index in [1.165, 1.54) is 0 Å². The first-order valence-electron chi connectivity index (χ1n) is 2.79. The molecule has 1 N–H and O–H groups in total. The van der Waals surface area contributed by atoms with E-state index in [-0.39, 0.29) is 17.1 Å². The molecule has 0 aliphatic heterocycles. The van der Waals surface area contributed by atoms with Crippen LogP contribution in [-0.2, 0) is 31.0 Å². The van der Waals surface area contributed by atoms with Gasteiger partial charge in [0.25, 0.3) is 0 Å². The van der Waals surface area contributed by atoms with E-state index >= 15 is 0 Å². The second kappa shape index (κ2) is 39.9. The van der Waals surface area contributed by atoms with Gasteiger partial charge in [0.15, 0.2) is 0 Å². The first kappa shape index (κ1) is 29.2. The zero-order valence-corrected chi connectivity index (χ0v) is 8.70. The van der Waals surface area contributed by atoms with Gasteiger partial charge in [0.2, 0.25) is 0 Å². The van der Waals surface area contributed by atoms with Gasteiger partial charge in [-0.15, -0.1) is 0 Å². The van der Waals surface area contributed by atoms with E-state index in [1.54, 1.807) is 13.0 Å². The van der Waals surface area contributed by atoms with Crippen molar-refractivity contribution in [1.29, 1.82) is 0 Å². The molecule has 0 radical (unpaired) electrons. The maximum atomic E-state index is 8.65. The standard InChI is InChI=1S/C6H10O.3CO.Fe/c1-4-5(2)6(3)7;3*1-2;/h4,6-7H,1-2H2,3H3;;;;/t6-;;;;/m0..../s1. The Labute approximate surface area is 94.3 Å². The summed E-state index contributed by atoms with van der Waals surface area (Å²) in [5, 5.41) is 8.65. The zero-order chi connectivity index (χ0) is 11.9. The molecular weight excluding hydrogens is 228 g/mol. The maximum absolute atomic E-state index is 8.65. The van der Waals surface area contributed by atoms with Crippen molar-refractivity contribution in [2.24, 2.45) is 0 Å². The Balaban J connectivity index is -0.0000000332. The van der Waals surface area contributed by atoms with Crippen molar-refractivity contribution in [3.05, 3.63) is 44.8 Å². The summed E-state index contributed by atoms with van der Waals surface area (Å²) in [7, 11) is 0. The Morgan fingerprint density at radius 3 is 1.43 bits per heavy atom. The van der Waals surface area contributed by atoms with Gasteiger partial charge in [-0.25, -0.2) is 0 Å². The Kier molecular flexibility index (Phi) is 83.2. The molecule has 0 amide bonds. The molecule has 0 aliphatic carbocycles. The number of aliphatic hydroxyl groups is 1. The molecule has 0 spiro atoms. The van der Waals surface area contributed by atoms with Gasteiger partial charge in [-0.2, -0.15) is 0 Å². The van der Waals surface area contributed by atoms with E-state index in [0.29, 0.717) is 5.57 Å². The maximum Gasteiger partial charge on any atom is 0 e. The number of hydrogen-bond acceptors (Lipinski definition) is 1. The van der Waals surface area contributed by atoms with Crippen LogP contribution in [-0.4, -0.2) is 11.2 Å². The first-order chi connectivity index (χ1) is 6.18. The van der Waals surface area contributed by atoms with Crippen molar-refractivity contribution >= 4 is 0 Å². The van der Waals surface area contributed by atoms with Crippen molar-refractivity contribution in [1.82, 2.24) is 0 Å². The molecule has 0 heterocycles. The molecule has 78 valence electrons. The van der Waals surface area contributed by atoms with Gasteiger partial charge in [0, 0.05) is 17.1 Å². The molecule has 0 aromatic rings. The van der Waals surface area contributed by atoms with Crippen molar-refractivity contribution < 1.29 is 36.1 Å². The third-order valence-electron chi connectivity index (χ3n) is 0.799. The third kappa shape index (κ3) is 43.2. The van der Waals surface area contributed by atoms with Gasteiger partial charge in [0.1, 0.15) is 0 Å². The van der Waals surface area contributed by atoms with Crippen LogP contribution >= 0.6 is 0 Å². The molecule has 0 fully saturated rings. The van der Waals surface area contributed by atoms with Crippen LogP contribution in [0.15, 0.2) is 24.8 Å². The summed E-state index contributed by atoms with van der Waals surface area (Å²) in [5.74, 6) is 0. The monoisotopic (exact) mass is 238 g/mol. The summed E-state index contributed by atoms with van der Waals surface area (Å²) in [6.07, 6.45) is 1.10. The normalized spacial score (nSPS) is 6.86. The molecule has 0 aromatic carbocycles. The predicted molar refractivity (Wildman–Crippen MR) is 42.8 cm³/mol. The molecule has 4 nitrogen and oxygen atoms in total. The molecule has 0 saturated heterocycles. The average Bonchev–Trinajstić information content (AvgIpc) is 2.25. The Morgan fingerprint density at radius 1 is 1.21 bits per heavy atom. The van der Waals surface area contributed by atoms with Crippen LogP contribution in [0.3, 0.4) is 0 Å². The summed E-state index contributed by atoms with van der Waals surface area (Å²) >= 11 is 0. The fraction of sp³-hybridized carbons (Fsp3) is 0.222. The van der Waals surface area contributed by atoms with E-state index in [9.17, 15) is 0 Å². The van der Waals surface area contributed by atoms with Gasteiger partial charge in [0.05, 0.1) is 6.10 Å². The molecule has 14 heavy (non-hydrogen) atoms. The van der Waals surface area contributed by atoms with Crippen LogP contribution in [0.25, 0.3) is 0 Å². The van der Waals surface area contributed by atoms with Crippen LogP contribution in [0.5, 0.6) is 0 Å². The molecule has 0 rings (SSSR count). The van der Waals surface area contributed by atoms with Gasteiger partial charge in [-0.05, 0) is 12.5 Å². The van der Waals surface area contributed by atoms with Gasteiger partial charge in [-0.3, -0.25) is 0 Å². The average molecular weight is 238 g/mol. The van der Waals surface area contributed by atoms with E-state index in [4.69, 9.17) is 19.1 Å². The predicted octanol–water partition coefficient (Wildman–Crippen LogP) is 0.994. The summed E-state index contributed by atoms with van der Waals surface area (Å²) < 4.78 is 22.5. The molecule has 0 aliphatic rings. The van der Waals surface area contributed by atoms with E-state index in [2.05, 4.69) is 33.1 Å². The molecule has 0 aromatic heterocycles. The minimum Gasteiger partial charge on any atom is 0 e. The van der Waals surface area contributed by atoms with Gasteiger partial charge < -0.3 is 5.11 Å². The van der Waals surface area contributed by atoms with E-state index in [0.717, 1.165) is 0 Å². The van der Waals surface area contributed by atoms with Crippen molar-refractivity contribution in [3.63, 3.8) is 0 Å². The number of rotatable bonds is 2. The van der Waals surface area contributed by atoms with Crippen molar-refractivity contribution in [2.75, 3.05) is 0 Å². The van der Waals surface area contributed by atoms with E-state index in [1.807, 2.05) is 0 Å². The summed E-state index contributed by atoms with van der Waals surface area (Å²) in [4.78, 5) is 0. The smallest absolute Gasteiger partial charge is 0 e. The fourth-order valence-electron chi connectivity index (χ4n) is 0.171. The molecule has 0 saturated carbocycles. The summed E-state index contributed by atoms with van der Waals surface area (Å²) in [6, 6.07) is 0. The van der Waals surface area contributed by atoms with Gasteiger partial charge in [-0.1, -0.05) is 19.2 Å². The second-order valence-electron chi connectivity index (χ2n) is 1.46. The molecule has 5 heteroatoms. The Morgan fingerprint density at radius 2 is 1.43 bits per heavy atom. The van der Waals surface area contributed by atoms with Crippen molar-refractivity contribution in [3.8, 4) is 0 Å². The third-order valence-corrected chi connectivity index (χ3v) is 0.799. The van der Waals surface area contributed by atoms with Crippen LogP contribution in [0, 0.1) is 20.0 Å². The number of aliphatic hydroxyl groups excluding tert-OH is 1. The first-order valence-corrected chi connectivity index (χ1v) is 2.79. The van der Waals surface area contributed by atoms with Gasteiger partial charge >= 0.3 is 33.9 Å². The van der Waals surface area contributed by atoms with Crippen LogP contribution < -0.4 is 0 Å². The minimum atomic E-state index is -0.447. The fourth-order valence-corrected chi connectivity index (χ4v) is 0.171. The molecule has 0 bridgehead atoms. The summed E-state index contributed by atoms with van der Waals surface area (Å²) in [5.41, 5.74) is 0.667. The van der Waals surface area contributed by atoms with E-state index < -0.39 is 6.10 Å². The molecule has 1 atom stereocenters. The second-order valence-corrected chi connectivity index (χ2v) is 1.46. The zero-order valence-electron chi connectivity index (χ0n) is 7.59. The molecular formula is C9H10FeO4. The topological polar surface area (TPSA) is 79.9 Å². The summed E-state index contributed by atoms with van der Waals surface area (Å²) in [6.45, 7) is 22.1. The van der Waals surface area contributed by atoms with Crippen LogP contribution in [0.2, 0.25) is 0 Å². The quantitative estimate of drug-likeness (QED) is 0.331. The SMILES string of the molecule is C=CC(=C)[C@H](C)O.[C-]#[O+].[C-]#[O+].[C-]#[O+].[Fe]. The minimum absolute atomic E-state index is 0.